The number of nitrogens with two attached hydrogens (primary N) is 1. The molecule has 0 atom stereocenters. The van der Waals surface area contributed by atoms with E-state index in [9.17, 15) is 9.59 Å². The van der Waals surface area contributed by atoms with Gasteiger partial charge in [-0.15, -0.1) is 0 Å². The zero-order chi connectivity index (χ0) is 13.7. The fourth-order valence-electron chi connectivity index (χ4n) is 2.49. The molecule has 1 saturated heterocycles. The van der Waals surface area contributed by atoms with Gasteiger partial charge in [0.1, 0.15) is 0 Å². The third kappa shape index (κ3) is 5.16. The van der Waals surface area contributed by atoms with Crippen molar-refractivity contribution in [2.75, 3.05) is 26.2 Å². The third-order valence-electron chi connectivity index (χ3n) is 3.81. The quantitative estimate of drug-likeness (QED) is 0.657. The maximum atomic E-state index is 11.7. The van der Waals surface area contributed by atoms with Crippen LogP contribution in [0.15, 0.2) is 0 Å². The number of hydrogen-bond acceptors (Lipinski definition) is 4. The SMILES string of the molecule is NCCC1CCN(CC(=O)NC(=O)NC2CC2)CC1. The molecule has 0 unspecified atom stereocenters. The van der Waals surface area contributed by atoms with E-state index in [0.717, 1.165) is 51.7 Å². The monoisotopic (exact) mass is 268 g/mol. The Labute approximate surface area is 114 Å². The first-order valence-corrected chi connectivity index (χ1v) is 7.20. The zero-order valence-electron chi connectivity index (χ0n) is 11.4. The summed E-state index contributed by atoms with van der Waals surface area (Å²) in [5.41, 5.74) is 5.55. The Balaban J connectivity index is 1.61. The van der Waals surface area contributed by atoms with E-state index in [1.54, 1.807) is 0 Å². The predicted octanol–water partition coefficient (Wildman–Crippen LogP) is 0.0354. The number of hydrogen-bond donors (Lipinski definition) is 3. The summed E-state index contributed by atoms with van der Waals surface area (Å²) in [6, 6.07) is -0.0784. The van der Waals surface area contributed by atoms with Crippen molar-refractivity contribution in [1.29, 1.82) is 0 Å². The Bertz CT molecular complexity index is 323. The summed E-state index contributed by atoms with van der Waals surface area (Å²) < 4.78 is 0. The highest BCUT2D eigenvalue weighted by atomic mass is 16.2. The molecule has 0 spiro atoms. The number of urea groups is 1. The molecule has 0 radical (unpaired) electrons. The van der Waals surface area contributed by atoms with Gasteiger partial charge in [-0.2, -0.15) is 0 Å². The summed E-state index contributed by atoms with van der Waals surface area (Å²) in [5, 5.41) is 5.13. The molecule has 0 aromatic carbocycles. The molecule has 1 saturated carbocycles. The molecule has 6 nitrogen and oxygen atoms in total. The van der Waals surface area contributed by atoms with E-state index >= 15 is 0 Å². The van der Waals surface area contributed by atoms with E-state index in [4.69, 9.17) is 5.73 Å². The fourth-order valence-corrected chi connectivity index (χ4v) is 2.49. The smallest absolute Gasteiger partial charge is 0.321 e. The summed E-state index contributed by atoms with van der Waals surface area (Å²) >= 11 is 0. The van der Waals surface area contributed by atoms with E-state index in [1.165, 1.54) is 0 Å². The van der Waals surface area contributed by atoms with Crippen molar-refractivity contribution >= 4 is 11.9 Å². The minimum absolute atomic E-state index is 0.213. The number of imide groups is 1. The number of likely N-dealkylation sites (tertiary alicyclic amines) is 1. The van der Waals surface area contributed by atoms with Gasteiger partial charge in [-0.25, -0.2) is 4.79 Å². The van der Waals surface area contributed by atoms with Crippen LogP contribution < -0.4 is 16.4 Å². The Hall–Kier alpha value is -1.14. The first kappa shape index (κ1) is 14.3. The zero-order valence-corrected chi connectivity index (χ0v) is 11.4. The summed E-state index contributed by atoms with van der Waals surface area (Å²) in [6.45, 7) is 2.89. The Kier molecular flexibility index (Phi) is 5.15. The van der Waals surface area contributed by atoms with Gasteiger partial charge >= 0.3 is 6.03 Å². The number of carbonyl (C=O) groups excluding carboxylic acids is 2. The van der Waals surface area contributed by atoms with Crippen LogP contribution in [0.3, 0.4) is 0 Å². The molecule has 2 rings (SSSR count). The van der Waals surface area contributed by atoms with Gasteiger partial charge in [0.05, 0.1) is 6.54 Å². The van der Waals surface area contributed by atoms with Crippen LogP contribution >= 0.6 is 0 Å². The lowest BCUT2D eigenvalue weighted by Crippen LogP contribution is -2.46. The molecule has 108 valence electrons. The minimum Gasteiger partial charge on any atom is -0.335 e. The summed E-state index contributed by atoms with van der Waals surface area (Å²) in [5.74, 6) is 0.484. The molecule has 2 fully saturated rings. The van der Waals surface area contributed by atoms with Crippen molar-refractivity contribution in [3.8, 4) is 0 Å². The average Bonchev–Trinajstić information content (AvgIpc) is 3.15. The normalized spacial score (nSPS) is 21.1. The number of carbonyl (C=O) groups is 2. The Morgan fingerprint density at radius 3 is 2.42 bits per heavy atom. The maximum Gasteiger partial charge on any atom is 0.321 e. The average molecular weight is 268 g/mol. The molecular formula is C13H24N4O2. The molecule has 1 heterocycles. The minimum atomic E-state index is -0.356. The molecule has 3 amide bonds. The van der Waals surface area contributed by atoms with E-state index in [0.29, 0.717) is 12.5 Å². The molecule has 19 heavy (non-hydrogen) atoms. The van der Waals surface area contributed by atoms with Crippen molar-refractivity contribution in [3.63, 3.8) is 0 Å². The lowest BCUT2D eigenvalue weighted by molar-refractivity contribution is -0.121. The van der Waals surface area contributed by atoms with Gasteiger partial charge in [0, 0.05) is 6.04 Å². The van der Waals surface area contributed by atoms with Crippen LogP contribution in [0.1, 0.15) is 32.1 Å². The van der Waals surface area contributed by atoms with Crippen molar-refractivity contribution in [2.24, 2.45) is 11.7 Å². The largest absolute Gasteiger partial charge is 0.335 e. The molecule has 6 heteroatoms. The second-order valence-corrected chi connectivity index (χ2v) is 5.59. The van der Waals surface area contributed by atoms with E-state index in [1.807, 2.05) is 0 Å². The Morgan fingerprint density at radius 1 is 1.16 bits per heavy atom. The molecular weight excluding hydrogens is 244 g/mol. The number of nitrogens with one attached hydrogen (secondary N) is 2. The highest BCUT2D eigenvalue weighted by Gasteiger charge is 2.25. The second kappa shape index (κ2) is 6.86. The molecule has 2 aliphatic rings. The van der Waals surface area contributed by atoms with Gasteiger partial charge in [-0.1, -0.05) is 0 Å². The van der Waals surface area contributed by atoms with Crippen LogP contribution in [0, 0.1) is 5.92 Å². The summed E-state index contributed by atoms with van der Waals surface area (Å²) in [7, 11) is 0. The first-order valence-electron chi connectivity index (χ1n) is 7.20. The molecule has 0 bridgehead atoms. The van der Waals surface area contributed by atoms with Gasteiger partial charge in [0.2, 0.25) is 5.91 Å². The van der Waals surface area contributed by atoms with Crippen molar-refractivity contribution in [1.82, 2.24) is 15.5 Å². The van der Waals surface area contributed by atoms with Gasteiger partial charge in [-0.3, -0.25) is 15.0 Å². The number of amides is 3. The number of piperidine rings is 1. The molecule has 1 aliphatic heterocycles. The van der Waals surface area contributed by atoms with Gasteiger partial charge in [-0.05, 0) is 57.7 Å². The van der Waals surface area contributed by atoms with Crippen molar-refractivity contribution in [2.45, 2.75) is 38.1 Å². The van der Waals surface area contributed by atoms with Gasteiger partial charge < -0.3 is 11.1 Å². The predicted molar refractivity (Wildman–Crippen MR) is 72.5 cm³/mol. The molecule has 0 aromatic heterocycles. The number of rotatable bonds is 5. The standard InChI is InChI=1S/C13H24N4O2/c14-6-3-10-4-7-17(8-5-10)9-12(18)16-13(19)15-11-1-2-11/h10-11H,1-9,14H2,(H2,15,16,18,19). The molecule has 1 aliphatic carbocycles. The van der Waals surface area contributed by atoms with Gasteiger partial charge in [0.25, 0.3) is 0 Å². The maximum absolute atomic E-state index is 11.7. The summed E-state index contributed by atoms with van der Waals surface area (Å²) in [4.78, 5) is 25.2. The van der Waals surface area contributed by atoms with Crippen LogP contribution in [-0.4, -0.2) is 49.1 Å². The number of nitrogens with zero attached hydrogens (tertiary/aromatic N) is 1. The lowest BCUT2D eigenvalue weighted by Gasteiger charge is -2.31. The molecule has 4 N–H and O–H groups in total. The van der Waals surface area contributed by atoms with Crippen LogP contribution in [0.5, 0.6) is 0 Å². The van der Waals surface area contributed by atoms with Gasteiger partial charge in [0.15, 0.2) is 0 Å². The fraction of sp³-hybridized carbons (Fsp3) is 0.846. The topological polar surface area (TPSA) is 87.5 Å². The summed E-state index contributed by atoms with van der Waals surface area (Å²) in [6.07, 6.45) is 5.31. The van der Waals surface area contributed by atoms with Crippen LogP contribution in [0.2, 0.25) is 0 Å². The van der Waals surface area contributed by atoms with Crippen LogP contribution in [-0.2, 0) is 4.79 Å². The molecule has 0 aromatic rings. The second-order valence-electron chi connectivity index (χ2n) is 5.59. The highest BCUT2D eigenvalue weighted by Crippen LogP contribution is 2.19. The van der Waals surface area contributed by atoms with Crippen LogP contribution in [0.25, 0.3) is 0 Å². The third-order valence-corrected chi connectivity index (χ3v) is 3.81. The van der Waals surface area contributed by atoms with E-state index in [-0.39, 0.29) is 18.0 Å². The highest BCUT2D eigenvalue weighted by molar-refractivity contribution is 5.95. The van der Waals surface area contributed by atoms with Crippen molar-refractivity contribution < 1.29 is 9.59 Å². The van der Waals surface area contributed by atoms with E-state index < -0.39 is 0 Å². The van der Waals surface area contributed by atoms with E-state index in [2.05, 4.69) is 15.5 Å². The van der Waals surface area contributed by atoms with Crippen LogP contribution in [0.4, 0.5) is 4.79 Å². The lowest BCUT2D eigenvalue weighted by atomic mass is 9.94. The van der Waals surface area contributed by atoms with Crippen molar-refractivity contribution in [3.05, 3.63) is 0 Å². The first-order chi connectivity index (χ1) is 9.17. The Morgan fingerprint density at radius 2 is 1.84 bits per heavy atom.